The van der Waals surface area contributed by atoms with Gasteiger partial charge in [0.2, 0.25) is 10.0 Å². The fraction of sp³-hybridized carbons (Fsp3) is 0. The van der Waals surface area contributed by atoms with Crippen LogP contribution in [0.4, 0.5) is 0 Å². The highest BCUT2D eigenvalue weighted by atomic mass is 32.2. The van der Waals surface area contributed by atoms with Gasteiger partial charge in [-0.15, -0.1) is 0 Å². The van der Waals surface area contributed by atoms with Crippen LogP contribution < -0.4 is 5.14 Å². The second-order valence-corrected chi connectivity index (χ2v) is 3.84. The van der Waals surface area contributed by atoms with E-state index in [0.29, 0.717) is 0 Å². The molecule has 11 heavy (non-hydrogen) atoms. The molecule has 0 atom stereocenters. The fourth-order valence-electron chi connectivity index (χ4n) is 0.581. The van der Waals surface area contributed by atoms with Crippen molar-refractivity contribution in [2.45, 2.75) is 9.79 Å². The molecule has 0 spiro atoms. The Morgan fingerprint density at radius 1 is 1.55 bits per heavy atom. The number of rotatable bonds is 1. The summed E-state index contributed by atoms with van der Waals surface area (Å²) < 4.78 is 21.4. The Kier molecular flexibility index (Phi) is 2.08. The Balaban J connectivity index is 3.37. The van der Waals surface area contributed by atoms with E-state index < -0.39 is 10.0 Å². The molecule has 6 heteroatoms. The van der Waals surface area contributed by atoms with Crippen LogP contribution in [0.1, 0.15) is 0 Å². The van der Waals surface area contributed by atoms with Crippen LogP contribution >= 0.6 is 0 Å². The molecule has 0 aliphatic rings. The molecule has 60 valence electrons. The first-order chi connectivity index (χ1) is 5.02. The lowest BCUT2D eigenvalue weighted by Gasteiger charge is -2.08. The SMILES string of the molecule is NS(=O)(=O)c1cnccc1[S-]. The highest BCUT2D eigenvalue weighted by Crippen LogP contribution is 2.09. The van der Waals surface area contributed by atoms with Crippen LogP contribution in [0.2, 0.25) is 0 Å². The number of hydrogen-bond acceptors (Lipinski definition) is 4. The molecule has 0 radical (unpaired) electrons. The predicted octanol–water partition coefficient (Wildman–Crippen LogP) is -0.365. The van der Waals surface area contributed by atoms with Crippen LogP contribution in [0.3, 0.4) is 0 Å². The van der Waals surface area contributed by atoms with E-state index in [1.165, 1.54) is 12.3 Å². The molecule has 0 bridgehead atoms. The number of hydrogen-bond donors (Lipinski definition) is 1. The Hall–Kier alpha value is -0.720. The summed E-state index contributed by atoms with van der Waals surface area (Å²) in [5, 5.41) is 4.82. The second kappa shape index (κ2) is 2.72. The molecule has 0 fully saturated rings. The maximum Gasteiger partial charge on any atom is 0.238 e. The van der Waals surface area contributed by atoms with E-state index in [9.17, 15) is 8.42 Å². The number of nitrogens with two attached hydrogens (primary N) is 1. The van der Waals surface area contributed by atoms with Gasteiger partial charge in [-0.3, -0.25) is 4.98 Å². The summed E-state index contributed by atoms with van der Waals surface area (Å²) in [6.45, 7) is 0. The molecule has 2 N–H and O–H groups in total. The van der Waals surface area contributed by atoms with Crippen LogP contribution in [0.15, 0.2) is 28.3 Å². The molecular formula is C5H5N2O2S2-. The zero-order valence-electron chi connectivity index (χ0n) is 5.39. The van der Waals surface area contributed by atoms with Crippen molar-refractivity contribution >= 4 is 22.7 Å². The zero-order chi connectivity index (χ0) is 8.48. The number of pyridine rings is 1. The molecule has 1 aromatic rings. The molecule has 0 aliphatic heterocycles. The molecule has 1 aromatic heterocycles. The van der Waals surface area contributed by atoms with Crippen molar-refractivity contribution in [2.75, 3.05) is 0 Å². The van der Waals surface area contributed by atoms with Crippen LogP contribution in [-0.2, 0) is 22.7 Å². The minimum atomic E-state index is -3.70. The third-order valence-corrected chi connectivity index (χ3v) is 2.48. The van der Waals surface area contributed by atoms with Crippen molar-refractivity contribution in [3.05, 3.63) is 18.5 Å². The topological polar surface area (TPSA) is 73.1 Å². The third-order valence-electron chi connectivity index (χ3n) is 1.05. The van der Waals surface area contributed by atoms with Gasteiger partial charge >= 0.3 is 0 Å². The summed E-state index contributed by atoms with van der Waals surface area (Å²) in [4.78, 5) is 3.68. The summed E-state index contributed by atoms with van der Waals surface area (Å²) in [7, 11) is -3.70. The van der Waals surface area contributed by atoms with Gasteiger partial charge in [0.1, 0.15) is 0 Å². The minimum absolute atomic E-state index is 0.102. The first-order valence-electron chi connectivity index (χ1n) is 2.65. The molecule has 0 aliphatic carbocycles. The molecule has 0 aromatic carbocycles. The number of aromatic nitrogens is 1. The van der Waals surface area contributed by atoms with Gasteiger partial charge in [0.15, 0.2) is 0 Å². The second-order valence-electron chi connectivity index (χ2n) is 1.87. The van der Waals surface area contributed by atoms with Crippen LogP contribution in [0.25, 0.3) is 0 Å². The van der Waals surface area contributed by atoms with Gasteiger partial charge in [-0.1, -0.05) is 6.07 Å². The van der Waals surface area contributed by atoms with Crippen LogP contribution in [0, 0.1) is 0 Å². The Morgan fingerprint density at radius 3 is 2.55 bits per heavy atom. The molecule has 0 amide bonds. The standard InChI is InChI=1S/C5H6N2O2S2/c6-11(8,9)5-3-7-2-1-4(5)10/h1-3H,(H,7,10)(H2,6,8,9)/p-1. The Bertz CT molecular complexity index is 361. The van der Waals surface area contributed by atoms with E-state index in [-0.39, 0.29) is 9.79 Å². The summed E-state index contributed by atoms with van der Waals surface area (Å²) in [6.07, 6.45) is 2.55. The summed E-state index contributed by atoms with van der Waals surface area (Å²) in [6, 6.07) is 1.41. The quantitative estimate of drug-likeness (QED) is 0.612. The number of primary sulfonamides is 1. The van der Waals surface area contributed by atoms with Gasteiger partial charge in [-0.25, -0.2) is 13.6 Å². The average Bonchev–Trinajstić information content (AvgIpc) is 1.86. The maximum absolute atomic E-state index is 10.7. The Morgan fingerprint density at radius 2 is 2.18 bits per heavy atom. The van der Waals surface area contributed by atoms with Gasteiger partial charge in [-0.05, 0) is 0 Å². The Labute approximate surface area is 69.9 Å². The fourth-order valence-corrected chi connectivity index (χ4v) is 1.60. The lowest BCUT2D eigenvalue weighted by atomic mass is 10.5. The highest BCUT2D eigenvalue weighted by Gasteiger charge is 2.06. The van der Waals surface area contributed by atoms with Gasteiger partial charge in [0.25, 0.3) is 0 Å². The zero-order valence-corrected chi connectivity index (χ0v) is 7.02. The molecular weight excluding hydrogens is 184 g/mol. The van der Waals surface area contributed by atoms with Gasteiger partial charge < -0.3 is 12.6 Å². The maximum atomic E-state index is 10.7. The number of nitrogens with zero attached hydrogens (tertiary/aromatic N) is 1. The van der Waals surface area contributed by atoms with Crippen LogP contribution in [-0.4, -0.2) is 13.4 Å². The molecule has 0 saturated carbocycles. The van der Waals surface area contributed by atoms with E-state index >= 15 is 0 Å². The van der Waals surface area contributed by atoms with Crippen molar-refractivity contribution < 1.29 is 8.42 Å². The molecule has 0 unspecified atom stereocenters. The van der Waals surface area contributed by atoms with E-state index in [0.717, 1.165) is 6.20 Å². The third kappa shape index (κ3) is 1.86. The van der Waals surface area contributed by atoms with Gasteiger partial charge in [-0.2, -0.15) is 4.90 Å². The van der Waals surface area contributed by atoms with Crippen molar-refractivity contribution in [1.29, 1.82) is 0 Å². The van der Waals surface area contributed by atoms with E-state index in [1.54, 1.807) is 0 Å². The summed E-state index contributed by atoms with van der Waals surface area (Å²) in [5.41, 5.74) is 0. The molecule has 1 heterocycles. The summed E-state index contributed by atoms with van der Waals surface area (Å²) >= 11 is 4.70. The smallest absolute Gasteiger partial charge is 0.238 e. The lowest BCUT2D eigenvalue weighted by molar-refractivity contribution is 0.595. The number of sulfonamides is 1. The first-order valence-corrected chi connectivity index (χ1v) is 4.61. The molecule has 4 nitrogen and oxygen atoms in total. The monoisotopic (exact) mass is 189 g/mol. The largest absolute Gasteiger partial charge is 0.778 e. The highest BCUT2D eigenvalue weighted by molar-refractivity contribution is 7.89. The molecule has 1 rings (SSSR count). The van der Waals surface area contributed by atoms with Crippen molar-refractivity contribution in [1.82, 2.24) is 4.98 Å². The normalized spacial score (nSPS) is 11.4. The van der Waals surface area contributed by atoms with E-state index in [4.69, 9.17) is 17.8 Å². The van der Waals surface area contributed by atoms with Gasteiger partial charge in [0, 0.05) is 12.4 Å². The molecule has 0 saturated heterocycles. The van der Waals surface area contributed by atoms with Crippen molar-refractivity contribution in [2.24, 2.45) is 5.14 Å². The van der Waals surface area contributed by atoms with Crippen molar-refractivity contribution in [3.63, 3.8) is 0 Å². The predicted molar refractivity (Wildman–Crippen MR) is 41.2 cm³/mol. The lowest BCUT2D eigenvalue weighted by Crippen LogP contribution is -2.13. The summed E-state index contributed by atoms with van der Waals surface area (Å²) in [5.74, 6) is 0. The van der Waals surface area contributed by atoms with Crippen LogP contribution in [0.5, 0.6) is 0 Å². The van der Waals surface area contributed by atoms with E-state index in [1.807, 2.05) is 0 Å². The minimum Gasteiger partial charge on any atom is -0.778 e. The average molecular weight is 189 g/mol. The van der Waals surface area contributed by atoms with Gasteiger partial charge in [0.05, 0.1) is 4.90 Å². The first kappa shape index (κ1) is 8.38. The van der Waals surface area contributed by atoms with Crippen molar-refractivity contribution in [3.8, 4) is 0 Å². The van der Waals surface area contributed by atoms with E-state index in [2.05, 4.69) is 4.98 Å².